The van der Waals surface area contributed by atoms with E-state index < -0.39 is 29.9 Å². The average Bonchev–Trinajstić information content (AvgIpc) is 2.99. The fraction of sp³-hybridized carbons (Fsp3) is 0.818. The Bertz CT molecular complexity index is 817. The number of aldehydes is 1. The summed E-state index contributed by atoms with van der Waals surface area (Å²) in [5, 5.41) is 8.12. The first kappa shape index (κ1) is 21.6. The maximum Gasteiger partial charge on any atom is 0.408 e. The van der Waals surface area contributed by atoms with E-state index in [1.807, 2.05) is 13.8 Å². The lowest BCUT2D eigenvalue weighted by molar-refractivity contribution is -0.127. The van der Waals surface area contributed by atoms with Gasteiger partial charge in [-0.3, -0.25) is 9.59 Å². The van der Waals surface area contributed by atoms with Crippen molar-refractivity contribution in [3.05, 3.63) is 0 Å². The van der Waals surface area contributed by atoms with E-state index in [0.29, 0.717) is 32.3 Å². The molecule has 5 rings (SSSR count). The Morgan fingerprint density at radius 3 is 2.81 bits per heavy atom. The van der Waals surface area contributed by atoms with Crippen LogP contribution in [0.25, 0.3) is 0 Å². The molecule has 10 heteroatoms. The molecule has 176 valence electrons. The Labute approximate surface area is 186 Å². The maximum absolute atomic E-state index is 12.9. The molecule has 3 amide bonds. The molecule has 0 radical (unpaired) electrons. The lowest BCUT2D eigenvalue weighted by Crippen LogP contribution is -2.52. The number of epoxide rings is 1. The number of carbonyl (C=O) groups is 4. The highest BCUT2D eigenvalue weighted by Gasteiger charge is 2.82. The standard InChI is InChI=1S/C22H31N3O7/c1-10(2)5-16(20(28)24-12(8-26)6-11-3-4-23-19(11)27)25-21(29)31-17-13-7-15-14(17)9-30-22(15)18(13)32-22/h8,10-18H,3-7,9H2,1-2H3,(H,23,27)(H,24,28)(H,25,29)/t11?,12-,13?,14+,15?,16-,17-,18-,22+/m0/s1. The molecule has 32 heavy (non-hydrogen) atoms. The molecule has 0 aromatic rings. The van der Waals surface area contributed by atoms with Gasteiger partial charge in [-0.25, -0.2) is 4.79 Å². The van der Waals surface area contributed by atoms with Crippen molar-refractivity contribution in [3.8, 4) is 0 Å². The zero-order chi connectivity index (χ0) is 22.6. The van der Waals surface area contributed by atoms with Crippen molar-refractivity contribution in [3.63, 3.8) is 0 Å². The molecule has 5 fully saturated rings. The lowest BCUT2D eigenvalue weighted by atomic mass is 9.87. The van der Waals surface area contributed by atoms with Crippen LogP contribution < -0.4 is 16.0 Å². The van der Waals surface area contributed by atoms with E-state index in [2.05, 4.69) is 16.0 Å². The molecule has 1 spiro atoms. The number of ether oxygens (including phenoxy) is 3. The van der Waals surface area contributed by atoms with Gasteiger partial charge in [0.2, 0.25) is 11.8 Å². The van der Waals surface area contributed by atoms with Gasteiger partial charge in [0.05, 0.1) is 12.6 Å². The molecule has 3 N–H and O–H groups in total. The summed E-state index contributed by atoms with van der Waals surface area (Å²) in [5.74, 6) is -0.559. The van der Waals surface area contributed by atoms with E-state index in [0.717, 1.165) is 6.42 Å². The van der Waals surface area contributed by atoms with Crippen LogP contribution in [0.2, 0.25) is 0 Å². The minimum Gasteiger partial charge on any atom is -0.445 e. The second kappa shape index (κ2) is 7.98. The molecule has 2 saturated carbocycles. The first-order valence-electron chi connectivity index (χ1n) is 11.6. The van der Waals surface area contributed by atoms with Crippen LogP contribution in [0.4, 0.5) is 4.79 Å². The molecular weight excluding hydrogens is 418 g/mol. The van der Waals surface area contributed by atoms with Crippen LogP contribution in [-0.2, 0) is 28.6 Å². The summed E-state index contributed by atoms with van der Waals surface area (Å²) in [6, 6.07) is -1.62. The third kappa shape index (κ3) is 3.57. The van der Waals surface area contributed by atoms with Crippen LogP contribution in [-0.4, -0.2) is 67.4 Å². The summed E-state index contributed by atoms with van der Waals surface area (Å²) in [6.45, 7) is 5.00. The predicted octanol–water partition coefficient (Wildman–Crippen LogP) is 0.0970. The van der Waals surface area contributed by atoms with E-state index >= 15 is 0 Å². The van der Waals surface area contributed by atoms with Gasteiger partial charge in [0.1, 0.15) is 24.5 Å². The molecule has 2 bridgehead atoms. The summed E-state index contributed by atoms with van der Waals surface area (Å²) in [4.78, 5) is 49.0. The number of carbonyl (C=O) groups excluding carboxylic acids is 4. The smallest absolute Gasteiger partial charge is 0.408 e. The minimum atomic E-state index is -0.836. The van der Waals surface area contributed by atoms with Crippen LogP contribution in [0.3, 0.4) is 0 Å². The largest absolute Gasteiger partial charge is 0.445 e. The number of hydrogen-bond donors (Lipinski definition) is 3. The number of hydrogen-bond acceptors (Lipinski definition) is 7. The van der Waals surface area contributed by atoms with E-state index in [1.165, 1.54) is 0 Å². The Morgan fingerprint density at radius 2 is 2.12 bits per heavy atom. The monoisotopic (exact) mass is 449 g/mol. The van der Waals surface area contributed by atoms with Gasteiger partial charge in [-0.2, -0.15) is 0 Å². The van der Waals surface area contributed by atoms with Crippen molar-refractivity contribution in [2.75, 3.05) is 13.2 Å². The summed E-state index contributed by atoms with van der Waals surface area (Å²) >= 11 is 0. The van der Waals surface area contributed by atoms with Gasteiger partial charge in [-0.1, -0.05) is 13.8 Å². The van der Waals surface area contributed by atoms with E-state index in [1.54, 1.807) is 0 Å². The van der Waals surface area contributed by atoms with Crippen molar-refractivity contribution in [2.24, 2.45) is 29.6 Å². The van der Waals surface area contributed by atoms with Crippen molar-refractivity contribution < 1.29 is 33.4 Å². The maximum atomic E-state index is 12.9. The van der Waals surface area contributed by atoms with Gasteiger partial charge in [0.25, 0.3) is 0 Å². The van der Waals surface area contributed by atoms with Gasteiger partial charge in [0.15, 0.2) is 5.79 Å². The van der Waals surface area contributed by atoms with Crippen LogP contribution in [0.1, 0.15) is 39.5 Å². The van der Waals surface area contributed by atoms with Crippen LogP contribution in [0.15, 0.2) is 0 Å². The number of nitrogens with one attached hydrogen (secondary N) is 3. The average molecular weight is 450 g/mol. The predicted molar refractivity (Wildman–Crippen MR) is 109 cm³/mol. The SMILES string of the molecule is CC(C)C[C@H](NC(=O)O[C@H]1C2CC3[C@H]1CO[C@@]31O[C@@H]21)C(=O)N[C@H](C=O)CC1CCNC1=O. The zero-order valence-electron chi connectivity index (χ0n) is 18.4. The number of rotatable bonds is 9. The van der Waals surface area contributed by atoms with Gasteiger partial charge in [0, 0.05) is 30.2 Å². The van der Waals surface area contributed by atoms with Crippen LogP contribution in [0, 0.1) is 29.6 Å². The van der Waals surface area contributed by atoms with Crippen LogP contribution >= 0.6 is 0 Å². The fourth-order valence-corrected chi connectivity index (χ4v) is 6.20. The quantitative estimate of drug-likeness (QED) is 0.335. The third-order valence-electron chi connectivity index (χ3n) is 7.70. The van der Waals surface area contributed by atoms with Gasteiger partial charge in [-0.05, 0) is 31.6 Å². The number of alkyl carbamates (subject to hydrolysis) is 1. The molecule has 0 aromatic heterocycles. The Morgan fingerprint density at radius 1 is 1.31 bits per heavy atom. The highest BCUT2D eigenvalue weighted by molar-refractivity contribution is 5.88. The van der Waals surface area contributed by atoms with Crippen LogP contribution in [0.5, 0.6) is 0 Å². The summed E-state index contributed by atoms with van der Waals surface area (Å²) < 4.78 is 17.4. The molecular formula is C22H31N3O7. The van der Waals surface area contributed by atoms with E-state index in [9.17, 15) is 19.2 Å². The molecule has 3 heterocycles. The summed E-state index contributed by atoms with van der Waals surface area (Å²) in [7, 11) is 0. The van der Waals surface area contributed by atoms with Crippen molar-refractivity contribution in [2.45, 2.75) is 69.6 Å². The third-order valence-corrected chi connectivity index (χ3v) is 7.70. The lowest BCUT2D eigenvalue weighted by Gasteiger charge is -2.27. The molecule has 10 nitrogen and oxygen atoms in total. The van der Waals surface area contributed by atoms with E-state index in [4.69, 9.17) is 14.2 Å². The Kier molecular flexibility index (Phi) is 5.40. The summed E-state index contributed by atoms with van der Waals surface area (Å²) in [6.07, 6.45) is 1.97. The minimum absolute atomic E-state index is 0.0138. The summed E-state index contributed by atoms with van der Waals surface area (Å²) in [5.41, 5.74) is 0. The molecule has 2 aliphatic carbocycles. The zero-order valence-corrected chi connectivity index (χ0v) is 18.4. The highest BCUT2D eigenvalue weighted by atomic mass is 16.8. The van der Waals surface area contributed by atoms with Crippen molar-refractivity contribution in [1.82, 2.24) is 16.0 Å². The molecule has 5 aliphatic rings. The first-order valence-corrected chi connectivity index (χ1v) is 11.6. The second-order valence-electron chi connectivity index (χ2n) is 10.2. The van der Waals surface area contributed by atoms with E-state index in [-0.39, 0.29) is 54.1 Å². The fourth-order valence-electron chi connectivity index (χ4n) is 6.20. The highest BCUT2D eigenvalue weighted by Crippen LogP contribution is 2.70. The van der Waals surface area contributed by atoms with Crippen molar-refractivity contribution in [1.29, 1.82) is 0 Å². The molecule has 3 unspecified atom stereocenters. The first-order chi connectivity index (χ1) is 15.3. The normalized spacial score (nSPS) is 39.9. The second-order valence-corrected chi connectivity index (χ2v) is 10.2. The molecule has 0 aromatic carbocycles. The molecule has 3 saturated heterocycles. The molecule has 3 aliphatic heterocycles. The van der Waals surface area contributed by atoms with Gasteiger partial charge < -0.3 is 35.0 Å². The Hall–Kier alpha value is -2.20. The topological polar surface area (TPSA) is 135 Å². The van der Waals surface area contributed by atoms with Gasteiger partial charge >= 0.3 is 6.09 Å². The number of amides is 3. The molecule has 9 atom stereocenters. The number of fused-ring (bicyclic) bond motifs is 2. The van der Waals surface area contributed by atoms with Crippen molar-refractivity contribution >= 4 is 24.2 Å². The van der Waals surface area contributed by atoms with Gasteiger partial charge in [-0.15, -0.1) is 0 Å². The Balaban J connectivity index is 1.17.